The average molecular weight is 375 g/mol. The molecule has 0 saturated carbocycles. The van der Waals surface area contributed by atoms with Gasteiger partial charge in [0.2, 0.25) is 15.9 Å². The van der Waals surface area contributed by atoms with E-state index in [1.54, 1.807) is 24.8 Å². The molecule has 1 fully saturated rings. The number of rotatable bonds is 7. The van der Waals surface area contributed by atoms with Crippen molar-refractivity contribution in [3.05, 3.63) is 22.7 Å². The van der Waals surface area contributed by atoms with Crippen LogP contribution in [0.4, 0.5) is 0 Å². The quantitative estimate of drug-likeness (QED) is 0.794. The highest BCUT2D eigenvalue weighted by atomic mass is 35.5. The highest BCUT2D eigenvalue weighted by molar-refractivity contribution is 7.89. The first-order valence-corrected chi connectivity index (χ1v) is 9.87. The fraction of sp³-hybridized carbons (Fsp3) is 0.562. The second-order valence-corrected chi connectivity index (χ2v) is 7.93. The van der Waals surface area contributed by atoms with Gasteiger partial charge in [0.15, 0.2) is 0 Å². The molecule has 1 N–H and O–H groups in total. The van der Waals surface area contributed by atoms with Crippen LogP contribution in [-0.4, -0.2) is 45.0 Å². The van der Waals surface area contributed by atoms with E-state index in [-0.39, 0.29) is 23.0 Å². The molecule has 1 atom stereocenters. The zero-order chi connectivity index (χ0) is 17.9. The number of hydrogen-bond donors (Lipinski definition) is 1. The minimum atomic E-state index is -3.84. The van der Waals surface area contributed by atoms with Gasteiger partial charge in [0.25, 0.3) is 0 Å². The second-order valence-electron chi connectivity index (χ2n) is 5.84. The Morgan fingerprint density at radius 3 is 2.71 bits per heavy atom. The van der Waals surface area contributed by atoms with Crippen molar-refractivity contribution in [2.45, 2.75) is 44.6 Å². The summed E-state index contributed by atoms with van der Waals surface area (Å²) in [6.45, 7) is 6.91. The highest BCUT2D eigenvalue weighted by Gasteiger charge is 2.33. The molecule has 1 heterocycles. The Kier molecular flexibility index (Phi) is 6.11. The summed E-state index contributed by atoms with van der Waals surface area (Å²) >= 11 is 6.09. The van der Waals surface area contributed by atoms with Gasteiger partial charge in [0.05, 0.1) is 6.61 Å². The third-order valence-corrected chi connectivity index (χ3v) is 5.79. The molecule has 1 amide bonds. The molecule has 0 spiro atoms. The molecule has 0 aliphatic carbocycles. The van der Waals surface area contributed by atoms with Crippen LogP contribution < -0.4 is 9.46 Å². The monoisotopic (exact) mass is 374 g/mol. The number of likely N-dealkylation sites (tertiary alicyclic amines) is 1. The van der Waals surface area contributed by atoms with E-state index in [4.69, 9.17) is 16.3 Å². The standard InChI is InChI=1S/C16H23ClN2O4S/c1-4-6-19-10-12(8-16(19)20)18-24(21,22)15-9-13(17)11(3)7-14(15)23-5-2/h7,9,12,18H,4-6,8,10H2,1-3H3/t12-/m0/s1. The zero-order valence-corrected chi connectivity index (χ0v) is 15.7. The zero-order valence-electron chi connectivity index (χ0n) is 14.1. The van der Waals surface area contributed by atoms with Crippen molar-refractivity contribution >= 4 is 27.5 Å². The lowest BCUT2D eigenvalue weighted by Gasteiger charge is -2.18. The van der Waals surface area contributed by atoms with Crippen LogP contribution >= 0.6 is 11.6 Å². The number of benzene rings is 1. The van der Waals surface area contributed by atoms with Crippen molar-refractivity contribution in [3.63, 3.8) is 0 Å². The van der Waals surface area contributed by atoms with Crippen molar-refractivity contribution in [1.29, 1.82) is 0 Å². The van der Waals surface area contributed by atoms with Gasteiger partial charge in [0, 0.05) is 30.6 Å². The molecular weight excluding hydrogens is 352 g/mol. The minimum absolute atomic E-state index is 0.00124. The molecule has 1 aromatic carbocycles. The number of aryl methyl sites for hydroxylation is 1. The third-order valence-electron chi connectivity index (χ3n) is 3.84. The molecule has 0 unspecified atom stereocenters. The van der Waals surface area contributed by atoms with E-state index < -0.39 is 16.1 Å². The van der Waals surface area contributed by atoms with Crippen LogP contribution in [0.5, 0.6) is 5.75 Å². The van der Waals surface area contributed by atoms with Crippen LogP contribution in [0, 0.1) is 6.92 Å². The molecule has 8 heteroatoms. The van der Waals surface area contributed by atoms with Crippen molar-refractivity contribution in [3.8, 4) is 5.75 Å². The van der Waals surface area contributed by atoms with Crippen molar-refractivity contribution in [2.75, 3.05) is 19.7 Å². The summed E-state index contributed by atoms with van der Waals surface area (Å²) in [4.78, 5) is 13.6. The van der Waals surface area contributed by atoms with Crippen LogP contribution in [0.15, 0.2) is 17.0 Å². The molecule has 0 radical (unpaired) electrons. The summed E-state index contributed by atoms with van der Waals surface area (Å²) < 4.78 is 33.5. The van der Waals surface area contributed by atoms with E-state index in [2.05, 4.69) is 4.72 Å². The van der Waals surface area contributed by atoms with E-state index in [0.717, 1.165) is 12.0 Å². The maximum atomic E-state index is 12.7. The number of sulfonamides is 1. The lowest BCUT2D eigenvalue weighted by atomic mass is 10.2. The van der Waals surface area contributed by atoms with E-state index in [1.165, 1.54) is 6.07 Å². The van der Waals surface area contributed by atoms with Crippen LogP contribution in [-0.2, 0) is 14.8 Å². The molecule has 1 saturated heterocycles. The molecule has 134 valence electrons. The van der Waals surface area contributed by atoms with Crippen LogP contribution in [0.2, 0.25) is 5.02 Å². The van der Waals surface area contributed by atoms with E-state index in [9.17, 15) is 13.2 Å². The number of amides is 1. The fourth-order valence-corrected chi connectivity index (χ4v) is 4.34. The van der Waals surface area contributed by atoms with Gasteiger partial charge in [-0.3, -0.25) is 4.79 Å². The Morgan fingerprint density at radius 1 is 1.38 bits per heavy atom. The predicted molar refractivity (Wildman–Crippen MR) is 93.0 cm³/mol. The smallest absolute Gasteiger partial charge is 0.244 e. The third kappa shape index (κ3) is 4.20. The van der Waals surface area contributed by atoms with Gasteiger partial charge in [-0.15, -0.1) is 0 Å². The Balaban J connectivity index is 2.25. The molecule has 1 aliphatic heterocycles. The summed E-state index contributed by atoms with van der Waals surface area (Å²) in [5, 5.41) is 0.355. The first-order valence-electron chi connectivity index (χ1n) is 8.01. The molecular formula is C16H23ClN2O4S. The molecule has 24 heavy (non-hydrogen) atoms. The first-order chi connectivity index (χ1) is 11.3. The summed E-state index contributed by atoms with van der Waals surface area (Å²) in [7, 11) is -3.84. The Morgan fingerprint density at radius 2 is 2.08 bits per heavy atom. The van der Waals surface area contributed by atoms with Crippen LogP contribution in [0.3, 0.4) is 0 Å². The van der Waals surface area contributed by atoms with Gasteiger partial charge in [-0.1, -0.05) is 18.5 Å². The highest BCUT2D eigenvalue weighted by Crippen LogP contribution is 2.31. The molecule has 0 bridgehead atoms. The maximum Gasteiger partial charge on any atom is 0.244 e. The lowest BCUT2D eigenvalue weighted by molar-refractivity contribution is -0.127. The summed E-state index contributed by atoms with van der Waals surface area (Å²) in [6.07, 6.45) is 1.01. The fourth-order valence-electron chi connectivity index (χ4n) is 2.74. The largest absolute Gasteiger partial charge is 0.492 e. The normalized spacial score (nSPS) is 18.2. The molecule has 0 aromatic heterocycles. The van der Waals surface area contributed by atoms with Gasteiger partial charge < -0.3 is 9.64 Å². The minimum Gasteiger partial charge on any atom is -0.492 e. The van der Waals surface area contributed by atoms with Gasteiger partial charge in [-0.2, -0.15) is 0 Å². The number of carbonyl (C=O) groups excluding carboxylic acids is 1. The number of ether oxygens (including phenoxy) is 1. The number of nitrogens with zero attached hydrogens (tertiary/aromatic N) is 1. The molecule has 1 aromatic rings. The Hall–Kier alpha value is -1.31. The van der Waals surface area contributed by atoms with Crippen LogP contribution in [0.1, 0.15) is 32.3 Å². The van der Waals surface area contributed by atoms with Gasteiger partial charge in [-0.05, 0) is 38.0 Å². The summed E-state index contributed by atoms with van der Waals surface area (Å²) in [6, 6.07) is 2.57. The van der Waals surface area contributed by atoms with E-state index in [0.29, 0.717) is 24.7 Å². The molecule has 6 nitrogen and oxygen atoms in total. The van der Waals surface area contributed by atoms with Crippen molar-refractivity contribution in [2.24, 2.45) is 0 Å². The number of halogens is 1. The number of hydrogen-bond acceptors (Lipinski definition) is 4. The number of carbonyl (C=O) groups is 1. The molecule has 1 aliphatic rings. The van der Waals surface area contributed by atoms with Gasteiger partial charge in [0.1, 0.15) is 10.6 Å². The number of nitrogens with one attached hydrogen (secondary N) is 1. The van der Waals surface area contributed by atoms with Crippen LogP contribution in [0.25, 0.3) is 0 Å². The SMILES string of the molecule is CCCN1C[C@@H](NS(=O)(=O)c2cc(Cl)c(C)cc2OCC)CC1=O. The van der Waals surface area contributed by atoms with Gasteiger partial charge >= 0.3 is 0 Å². The van der Waals surface area contributed by atoms with Crippen molar-refractivity contribution in [1.82, 2.24) is 9.62 Å². The van der Waals surface area contributed by atoms with E-state index >= 15 is 0 Å². The lowest BCUT2D eigenvalue weighted by Crippen LogP contribution is -2.37. The predicted octanol–water partition coefficient (Wildman–Crippen LogP) is 2.34. The Bertz CT molecular complexity index is 721. The maximum absolute atomic E-state index is 12.7. The van der Waals surface area contributed by atoms with E-state index in [1.807, 2.05) is 6.92 Å². The second kappa shape index (κ2) is 7.72. The topological polar surface area (TPSA) is 75.7 Å². The average Bonchev–Trinajstić information content (AvgIpc) is 2.82. The van der Waals surface area contributed by atoms with Crippen molar-refractivity contribution < 1.29 is 17.9 Å². The summed E-state index contributed by atoms with van der Waals surface area (Å²) in [5.74, 6) is 0.234. The first kappa shape index (κ1) is 19.0. The summed E-state index contributed by atoms with van der Waals surface area (Å²) in [5.41, 5.74) is 0.740. The van der Waals surface area contributed by atoms with Gasteiger partial charge in [-0.25, -0.2) is 13.1 Å². The Labute approximate surface area is 148 Å². The molecule has 2 rings (SSSR count).